The Kier molecular flexibility index (Phi) is 15.3. The van der Waals surface area contributed by atoms with Gasteiger partial charge in [-0.05, 0) is 31.0 Å². The highest BCUT2D eigenvalue weighted by molar-refractivity contribution is 5.27. The number of rotatable bonds is 4. The van der Waals surface area contributed by atoms with E-state index in [1.807, 2.05) is 46.8 Å². The van der Waals surface area contributed by atoms with E-state index in [0.29, 0.717) is 0 Å². The van der Waals surface area contributed by atoms with E-state index in [4.69, 9.17) is 4.74 Å². The summed E-state index contributed by atoms with van der Waals surface area (Å²) >= 11 is 0. The molecule has 0 N–H and O–H groups in total. The van der Waals surface area contributed by atoms with E-state index in [-0.39, 0.29) is 0 Å². The van der Waals surface area contributed by atoms with E-state index >= 15 is 0 Å². The minimum Gasteiger partial charge on any atom is -0.494 e. The van der Waals surface area contributed by atoms with Crippen LogP contribution in [-0.4, -0.2) is 6.61 Å². The van der Waals surface area contributed by atoms with E-state index in [0.717, 1.165) is 18.8 Å². The maximum Gasteiger partial charge on any atom is 0.119 e. The zero-order valence-electron chi connectivity index (χ0n) is 11.8. The molecule has 0 fully saturated rings. The van der Waals surface area contributed by atoms with Gasteiger partial charge >= 0.3 is 0 Å². The predicted molar refractivity (Wildman–Crippen MR) is 74.3 cm³/mol. The van der Waals surface area contributed by atoms with Gasteiger partial charge < -0.3 is 4.74 Å². The maximum atomic E-state index is 5.34. The number of hydrogen-bond donors (Lipinski definition) is 0. The van der Waals surface area contributed by atoms with Gasteiger partial charge in [-0.25, -0.2) is 0 Å². The zero-order valence-corrected chi connectivity index (χ0v) is 11.8. The monoisotopic (exact) mass is 224 g/mol. The van der Waals surface area contributed by atoms with Crippen LogP contribution in [0.1, 0.15) is 53.5 Å². The lowest BCUT2D eigenvalue weighted by Gasteiger charge is -2.03. The molecular formula is C15H28O. The van der Waals surface area contributed by atoms with Gasteiger partial charge in [-0.3, -0.25) is 0 Å². The second-order valence-corrected chi connectivity index (χ2v) is 2.83. The van der Waals surface area contributed by atoms with Crippen LogP contribution in [0, 0.1) is 0 Å². The Morgan fingerprint density at radius 3 is 1.75 bits per heavy atom. The van der Waals surface area contributed by atoms with Crippen molar-refractivity contribution in [2.75, 3.05) is 6.61 Å². The Morgan fingerprint density at radius 1 is 0.875 bits per heavy atom. The standard InChI is InChI=1S/C11H16O.2C2H6/c1-3-5-10-6-8-11(9-7-10)12-4-2;2*1-2/h6-9H,3-5H2,1-2H3;2*1-2H3. The van der Waals surface area contributed by atoms with Crippen molar-refractivity contribution in [3.63, 3.8) is 0 Å². The molecule has 0 unspecified atom stereocenters. The summed E-state index contributed by atoms with van der Waals surface area (Å²) in [5.41, 5.74) is 1.39. The minimum absolute atomic E-state index is 0.743. The molecule has 0 aliphatic heterocycles. The van der Waals surface area contributed by atoms with E-state index in [2.05, 4.69) is 19.1 Å². The SMILES string of the molecule is CC.CC.CCCc1ccc(OCC)cc1. The third-order valence-corrected chi connectivity index (χ3v) is 1.77. The molecule has 94 valence electrons. The normalized spacial score (nSPS) is 8.12. The van der Waals surface area contributed by atoms with Crippen molar-refractivity contribution >= 4 is 0 Å². The average Bonchev–Trinajstić information content (AvgIpc) is 2.37. The van der Waals surface area contributed by atoms with E-state index in [1.54, 1.807) is 0 Å². The topological polar surface area (TPSA) is 9.23 Å². The van der Waals surface area contributed by atoms with Crippen LogP contribution in [-0.2, 0) is 6.42 Å². The third-order valence-electron chi connectivity index (χ3n) is 1.77. The first-order valence-electron chi connectivity index (χ1n) is 6.58. The molecule has 16 heavy (non-hydrogen) atoms. The summed E-state index contributed by atoms with van der Waals surface area (Å²) in [5.74, 6) is 0.970. The summed E-state index contributed by atoms with van der Waals surface area (Å²) in [6, 6.07) is 8.34. The maximum absolute atomic E-state index is 5.34. The summed E-state index contributed by atoms with van der Waals surface area (Å²) in [6.07, 6.45) is 2.36. The molecule has 1 heteroatoms. The van der Waals surface area contributed by atoms with Crippen LogP contribution in [0.2, 0.25) is 0 Å². The molecule has 0 radical (unpaired) electrons. The van der Waals surface area contributed by atoms with Crippen LogP contribution in [0.4, 0.5) is 0 Å². The largest absolute Gasteiger partial charge is 0.494 e. The van der Waals surface area contributed by atoms with Crippen LogP contribution in [0.5, 0.6) is 5.75 Å². The highest BCUT2D eigenvalue weighted by Crippen LogP contribution is 2.12. The zero-order chi connectivity index (χ0) is 12.8. The highest BCUT2D eigenvalue weighted by Gasteiger charge is 1.92. The summed E-state index contributed by atoms with van der Waals surface area (Å²) in [4.78, 5) is 0. The molecule has 0 spiro atoms. The molecule has 0 saturated carbocycles. The lowest BCUT2D eigenvalue weighted by Crippen LogP contribution is -1.91. The summed E-state index contributed by atoms with van der Waals surface area (Å²) in [6.45, 7) is 12.9. The molecule has 0 amide bonds. The smallest absolute Gasteiger partial charge is 0.119 e. The van der Waals surface area contributed by atoms with Crippen molar-refractivity contribution in [1.29, 1.82) is 0 Å². The molecule has 1 aromatic rings. The Labute approximate surface area is 102 Å². The second-order valence-electron chi connectivity index (χ2n) is 2.83. The van der Waals surface area contributed by atoms with Crippen LogP contribution in [0.25, 0.3) is 0 Å². The van der Waals surface area contributed by atoms with Gasteiger partial charge in [-0.1, -0.05) is 53.2 Å². The fourth-order valence-electron chi connectivity index (χ4n) is 1.21. The third kappa shape index (κ3) is 8.34. The van der Waals surface area contributed by atoms with Crippen LogP contribution < -0.4 is 4.74 Å². The summed E-state index contributed by atoms with van der Waals surface area (Å²) in [5, 5.41) is 0. The van der Waals surface area contributed by atoms with Crippen molar-refractivity contribution in [2.45, 2.75) is 54.4 Å². The van der Waals surface area contributed by atoms with Gasteiger partial charge in [0.05, 0.1) is 6.61 Å². The summed E-state index contributed by atoms with van der Waals surface area (Å²) in [7, 11) is 0. The molecule has 0 saturated heterocycles. The quantitative estimate of drug-likeness (QED) is 0.692. The van der Waals surface area contributed by atoms with Gasteiger partial charge in [0.15, 0.2) is 0 Å². The minimum atomic E-state index is 0.743. The van der Waals surface area contributed by atoms with Crippen molar-refractivity contribution in [3.8, 4) is 5.75 Å². The summed E-state index contributed by atoms with van der Waals surface area (Å²) < 4.78 is 5.34. The molecule has 0 aromatic heterocycles. The first-order valence-corrected chi connectivity index (χ1v) is 6.58. The number of hydrogen-bond acceptors (Lipinski definition) is 1. The molecule has 0 bridgehead atoms. The lowest BCUT2D eigenvalue weighted by molar-refractivity contribution is 0.340. The van der Waals surface area contributed by atoms with Crippen molar-refractivity contribution < 1.29 is 4.74 Å². The molecule has 0 atom stereocenters. The fourth-order valence-corrected chi connectivity index (χ4v) is 1.21. The van der Waals surface area contributed by atoms with E-state index in [1.165, 1.54) is 12.0 Å². The second kappa shape index (κ2) is 14.0. The van der Waals surface area contributed by atoms with Crippen LogP contribution in [0.15, 0.2) is 24.3 Å². The van der Waals surface area contributed by atoms with Gasteiger partial charge in [0.25, 0.3) is 0 Å². The molecule has 0 heterocycles. The predicted octanol–water partition coefficient (Wildman–Crippen LogP) is 5.09. The van der Waals surface area contributed by atoms with Crippen LogP contribution >= 0.6 is 0 Å². The van der Waals surface area contributed by atoms with Gasteiger partial charge in [-0.15, -0.1) is 0 Å². The molecular weight excluding hydrogens is 196 g/mol. The average molecular weight is 224 g/mol. The van der Waals surface area contributed by atoms with Crippen molar-refractivity contribution in [2.24, 2.45) is 0 Å². The highest BCUT2D eigenvalue weighted by atomic mass is 16.5. The first kappa shape index (κ1) is 17.4. The first-order chi connectivity index (χ1) is 7.86. The van der Waals surface area contributed by atoms with E-state index < -0.39 is 0 Å². The number of aryl methyl sites for hydroxylation is 1. The van der Waals surface area contributed by atoms with Crippen molar-refractivity contribution in [3.05, 3.63) is 29.8 Å². The van der Waals surface area contributed by atoms with Crippen LogP contribution in [0.3, 0.4) is 0 Å². The Morgan fingerprint density at radius 2 is 1.38 bits per heavy atom. The number of benzene rings is 1. The number of ether oxygens (including phenoxy) is 1. The van der Waals surface area contributed by atoms with Gasteiger partial charge in [-0.2, -0.15) is 0 Å². The lowest BCUT2D eigenvalue weighted by atomic mass is 10.1. The van der Waals surface area contributed by atoms with E-state index in [9.17, 15) is 0 Å². The Bertz CT molecular complexity index is 188. The molecule has 1 rings (SSSR count). The van der Waals surface area contributed by atoms with Crippen molar-refractivity contribution in [1.82, 2.24) is 0 Å². The molecule has 0 aliphatic carbocycles. The Hall–Kier alpha value is -0.980. The van der Waals surface area contributed by atoms with Gasteiger partial charge in [0.1, 0.15) is 5.75 Å². The Balaban J connectivity index is 0. The van der Waals surface area contributed by atoms with Gasteiger partial charge in [0, 0.05) is 0 Å². The van der Waals surface area contributed by atoms with Gasteiger partial charge in [0.2, 0.25) is 0 Å². The fraction of sp³-hybridized carbons (Fsp3) is 0.600. The molecule has 1 aromatic carbocycles. The molecule has 0 aliphatic rings. The molecule has 1 nitrogen and oxygen atoms in total.